The van der Waals surface area contributed by atoms with E-state index in [2.05, 4.69) is 217 Å². The van der Waals surface area contributed by atoms with E-state index in [1.165, 1.54) is 43.4 Å². The maximum Gasteiger partial charge on any atom is 0.143 e. The first kappa shape index (κ1) is 32.0. The van der Waals surface area contributed by atoms with Crippen molar-refractivity contribution in [2.24, 2.45) is 0 Å². The van der Waals surface area contributed by atoms with E-state index in [0.29, 0.717) is 0 Å². The molecule has 0 aliphatic rings. The summed E-state index contributed by atoms with van der Waals surface area (Å²) in [7, 11) is 0. The normalized spacial score (nSPS) is 11.6. The van der Waals surface area contributed by atoms with Gasteiger partial charge in [0.2, 0.25) is 0 Å². The minimum Gasteiger partial charge on any atom is -0.455 e. The summed E-state index contributed by atoms with van der Waals surface area (Å²) in [6.45, 7) is 0. The van der Waals surface area contributed by atoms with Gasteiger partial charge in [0.05, 0.1) is 11.4 Å². The van der Waals surface area contributed by atoms with Crippen molar-refractivity contribution >= 4 is 71.3 Å². The fourth-order valence-corrected chi connectivity index (χ4v) is 8.67. The molecule has 0 aliphatic carbocycles. The van der Waals surface area contributed by atoms with Crippen LogP contribution in [0.25, 0.3) is 87.6 Å². The van der Waals surface area contributed by atoms with Crippen molar-refractivity contribution in [2.45, 2.75) is 0 Å². The van der Waals surface area contributed by atoms with Gasteiger partial charge >= 0.3 is 0 Å². The van der Waals surface area contributed by atoms with Gasteiger partial charge in [0.15, 0.2) is 0 Å². The summed E-state index contributed by atoms with van der Waals surface area (Å²) >= 11 is 0. The van der Waals surface area contributed by atoms with E-state index in [1.54, 1.807) is 0 Å². The van der Waals surface area contributed by atoms with Crippen molar-refractivity contribution in [2.75, 3.05) is 4.90 Å². The molecular formula is C54H35NO. The highest BCUT2D eigenvalue weighted by Gasteiger charge is 2.22. The quantitative estimate of drug-likeness (QED) is 0.160. The van der Waals surface area contributed by atoms with Crippen LogP contribution in [0.2, 0.25) is 0 Å². The van der Waals surface area contributed by atoms with Crippen LogP contribution in [0.1, 0.15) is 0 Å². The van der Waals surface area contributed by atoms with E-state index in [1.807, 2.05) is 0 Å². The molecule has 56 heavy (non-hydrogen) atoms. The zero-order chi connectivity index (χ0) is 37.0. The number of para-hydroxylation sites is 3. The standard InChI is InChI=1S/C54H35NO/c1-2-14-37(15-3-1)44-23-12-26-49-50-27-13-25-48(54(50)56-53(44)49)47-21-8-9-28-52(47)55(51-29-10-18-36-16-5-7-20-43(36)51)40-33-30-39(31-34-40)42-22-11-24-45-41-19-6-4-17-38(41)32-35-46(42)45/h1-35H. The molecule has 1 aromatic heterocycles. The molecule has 2 nitrogen and oxygen atoms in total. The van der Waals surface area contributed by atoms with Crippen molar-refractivity contribution < 1.29 is 4.42 Å². The molecule has 11 aromatic rings. The summed E-state index contributed by atoms with van der Waals surface area (Å²) in [5.74, 6) is 0. The minimum absolute atomic E-state index is 0.884. The minimum atomic E-state index is 0.884. The van der Waals surface area contributed by atoms with Gasteiger partial charge < -0.3 is 9.32 Å². The summed E-state index contributed by atoms with van der Waals surface area (Å²) in [6.07, 6.45) is 0. The van der Waals surface area contributed by atoms with Crippen molar-refractivity contribution in [3.63, 3.8) is 0 Å². The van der Waals surface area contributed by atoms with Crippen molar-refractivity contribution in [1.29, 1.82) is 0 Å². The van der Waals surface area contributed by atoms with Crippen LogP contribution in [0.4, 0.5) is 17.1 Å². The summed E-state index contributed by atoms with van der Waals surface area (Å²) in [6, 6.07) is 76.3. The van der Waals surface area contributed by atoms with Crippen LogP contribution in [0.3, 0.4) is 0 Å². The zero-order valence-electron chi connectivity index (χ0n) is 30.6. The van der Waals surface area contributed by atoms with E-state index < -0.39 is 0 Å². The van der Waals surface area contributed by atoms with Crippen LogP contribution >= 0.6 is 0 Å². The second-order valence-corrected chi connectivity index (χ2v) is 14.4. The average Bonchev–Trinajstić information content (AvgIpc) is 3.66. The first-order valence-electron chi connectivity index (χ1n) is 19.2. The molecule has 0 amide bonds. The predicted octanol–water partition coefficient (Wildman–Crippen LogP) is 15.5. The van der Waals surface area contributed by atoms with Gasteiger partial charge in [-0.15, -0.1) is 0 Å². The molecule has 0 saturated carbocycles. The number of nitrogens with zero attached hydrogens (tertiary/aromatic N) is 1. The third kappa shape index (κ3) is 5.19. The molecule has 0 spiro atoms. The molecule has 0 fully saturated rings. The molecule has 0 aliphatic heterocycles. The highest BCUT2D eigenvalue weighted by atomic mass is 16.3. The first-order chi connectivity index (χ1) is 27.8. The van der Waals surface area contributed by atoms with Gasteiger partial charge in [0.1, 0.15) is 11.2 Å². The lowest BCUT2D eigenvalue weighted by Gasteiger charge is -2.29. The summed E-state index contributed by atoms with van der Waals surface area (Å²) in [4.78, 5) is 2.41. The monoisotopic (exact) mass is 713 g/mol. The van der Waals surface area contributed by atoms with Gasteiger partial charge in [-0.25, -0.2) is 0 Å². The lowest BCUT2D eigenvalue weighted by molar-refractivity contribution is 0.671. The first-order valence-corrected chi connectivity index (χ1v) is 19.2. The lowest BCUT2D eigenvalue weighted by atomic mass is 9.94. The lowest BCUT2D eigenvalue weighted by Crippen LogP contribution is -2.11. The van der Waals surface area contributed by atoms with Crippen molar-refractivity contribution in [1.82, 2.24) is 0 Å². The van der Waals surface area contributed by atoms with Gasteiger partial charge in [0, 0.05) is 38.5 Å². The predicted molar refractivity (Wildman–Crippen MR) is 237 cm³/mol. The molecule has 0 unspecified atom stereocenters. The molecule has 0 radical (unpaired) electrons. The van der Waals surface area contributed by atoms with Gasteiger partial charge in [-0.05, 0) is 67.9 Å². The third-order valence-corrected chi connectivity index (χ3v) is 11.3. The van der Waals surface area contributed by atoms with Crippen LogP contribution in [0.5, 0.6) is 0 Å². The number of furan rings is 1. The van der Waals surface area contributed by atoms with Crippen LogP contribution in [-0.2, 0) is 0 Å². The molecule has 0 atom stereocenters. The van der Waals surface area contributed by atoms with E-state index in [4.69, 9.17) is 4.42 Å². The van der Waals surface area contributed by atoms with Crippen LogP contribution in [-0.4, -0.2) is 0 Å². The summed E-state index contributed by atoms with van der Waals surface area (Å²) in [5.41, 5.74) is 11.8. The maximum absolute atomic E-state index is 6.95. The van der Waals surface area contributed by atoms with E-state index in [0.717, 1.165) is 61.3 Å². The molecule has 1 heterocycles. The number of anilines is 3. The molecule has 10 aromatic carbocycles. The molecule has 262 valence electrons. The highest BCUT2D eigenvalue weighted by molar-refractivity contribution is 6.15. The Hall–Kier alpha value is -7.42. The van der Waals surface area contributed by atoms with Crippen LogP contribution in [0, 0.1) is 0 Å². The Bertz CT molecular complexity index is 3240. The number of fused-ring (bicyclic) bond motifs is 7. The maximum atomic E-state index is 6.95. The Morgan fingerprint density at radius 1 is 0.268 bits per heavy atom. The zero-order valence-corrected chi connectivity index (χ0v) is 30.6. The van der Waals surface area contributed by atoms with Crippen molar-refractivity contribution in [3.05, 3.63) is 212 Å². The Balaban J connectivity index is 1.10. The molecule has 11 rings (SSSR count). The highest BCUT2D eigenvalue weighted by Crippen LogP contribution is 2.47. The van der Waals surface area contributed by atoms with Gasteiger partial charge in [-0.3, -0.25) is 0 Å². The SMILES string of the molecule is c1ccc(-c2cccc3c2oc2c(-c4ccccc4N(c4ccc(-c5cccc6c5ccc5ccccc56)cc4)c4cccc5ccccc45)cccc23)cc1. The number of hydrogen-bond donors (Lipinski definition) is 0. The molecule has 0 bridgehead atoms. The fourth-order valence-electron chi connectivity index (χ4n) is 8.67. The van der Waals surface area contributed by atoms with Crippen LogP contribution < -0.4 is 4.90 Å². The smallest absolute Gasteiger partial charge is 0.143 e. The molecular weight excluding hydrogens is 679 g/mol. The molecule has 0 saturated heterocycles. The van der Waals surface area contributed by atoms with Crippen molar-refractivity contribution in [3.8, 4) is 33.4 Å². The summed E-state index contributed by atoms with van der Waals surface area (Å²) < 4.78 is 6.95. The van der Waals surface area contributed by atoms with E-state index in [-0.39, 0.29) is 0 Å². The average molecular weight is 714 g/mol. The number of hydrogen-bond acceptors (Lipinski definition) is 2. The number of rotatable bonds is 6. The fraction of sp³-hybridized carbons (Fsp3) is 0. The second kappa shape index (κ2) is 13.2. The number of benzene rings is 10. The largest absolute Gasteiger partial charge is 0.455 e. The molecule has 0 N–H and O–H groups in total. The second-order valence-electron chi connectivity index (χ2n) is 14.4. The Kier molecular flexibility index (Phi) is 7.53. The Labute approximate surface area is 325 Å². The third-order valence-electron chi connectivity index (χ3n) is 11.3. The van der Waals surface area contributed by atoms with Gasteiger partial charge in [-0.1, -0.05) is 188 Å². The molecule has 2 heteroatoms. The van der Waals surface area contributed by atoms with Gasteiger partial charge in [-0.2, -0.15) is 0 Å². The van der Waals surface area contributed by atoms with Crippen LogP contribution in [0.15, 0.2) is 217 Å². The van der Waals surface area contributed by atoms with E-state index >= 15 is 0 Å². The van der Waals surface area contributed by atoms with Gasteiger partial charge in [0.25, 0.3) is 0 Å². The Morgan fingerprint density at radius 2 is 0.786 bits per heavy atom. The summed E-state index contributed by atoms with van der Waals surface area (Å²) in [5, 5.41) is 9.66. The van der Waals surface area contributed by atoms with E-state index in [9.17, 15) is 0 Å². The topological polar surface area (TPSA) is 16.4 Å². The Morgan fingerprint density at radius 3 is 1.59 bits per heavy atom.